The Kier molecular flexibility index (Phi) is 5.43. The number of rotatable bonds is 4. The molecule has 0 amide bonds. The quantitative estimate of drug-likeness (QED) is 0.588. The van der Waals surface area contributed by atoms with Gasteiger partial charge in [-0.15, -0.1) is 0 Å². The number of carbonyl (C=O) groups excluding carboxylic acids is 1. The fourth-order valence-corrected chi connectivity index (χ4v) is 1.95. The lowest BCUT2D eigenvalue weighted by molar-refractivity contribution is 0.0980. The molecule has 2 aromatic carbocycles. The van der Waals surface area contributed by atoms with Gasteiger partial charge in [-0.1, -0.05) is 37.3 Å². The van der Waals surface area contributed by atoms with Crippen LogP contribution in [0.25, 0.3) is 0 Å². The summed E-state index contributed by atoms with van der Waals surface area (Å²) in [5.74, 6) is 4.28. The van der Waals surface area contributed by atoms with Crippen molar-refractivity contribution >= 4 is 5.78 Å². The molecule has 0 unspecified atom stereocenters. The van der Waals surface area contributed by atoms with E-state index >= 15 is 0 Å². The Morgan fingerprint density at radius 3 is 2.41 bits per heavy atom. The van der Waals surface area contributed by atoms with Crippen LogP contribution in [0.4, 0.5) is 8.78 Å². The van der Waals surface area contributed by atoms with Gasteiger partial charge in [-0.2, -0.15) is 0 Å². The van der Waals surface area contributed by atoms with Gasteiger partial charge in [0.1, 0.15) is 11.6 Å². The van der Waals surface area contributed by atoms with E-state index in [1.807, 2.05) is 6.92 Å². The van der Waals surface area contributed by atoms with Gasteiger partial charge in [0.15, 0.2) is 5.78 Å². The Labute approximate surface area is 129 Å². The summed E-state index contributed by atoms with van der Waals surface area (Å²) in [5, 5.41) is 0. The first-order valence-corrected chi connectivity index (χ1v) is 7.20. The average molecular weight is 298 g/mol. The number of ketones is 1. The van der Waals surface area contributed by atoms with Crippen LogP contribution in [0.15, 0.2) is 42.5 Å². The summed E-state index contributed by atoms with van der Waals surface area (Å²) in [5.41, 5.74) is 1.48. The molecule has 0 saturated heterocycles. The monoisotopic (exact) mass is 298 g/mol. The SMILES string of the molecule is CCCCC(=O)c1ccc(C#Cc2ccc(F)cc2F)cc1. The van der Waals surface area contributed by atoms with E-state index in [0.717, 1.165) is 18.9 Å². The van der Waals surface area contributed by atoms with E-state index in [1.165, 1.54) is 12.1 Å². The van der Waals surface area contributed by atoms with Crippen LogP contribution in [-0.4, -0.2) is 5.78 Å². The minimum atomic E-state index is -0.682. The molecule has 0 aliphatic heterocycles. The van der Waals surface area contributed by atoms with Crippen LogP contribution in [0, 0.1) is 23.5 Å². The third-order valence-corrected chi connectivity index (χ3v) is 3.24. The molecule has 2 aromatic rings. The van der Waals surface area contributed by atoms with E-state index in [2.05, 4.69) is 11.8 Å². The molecule has 112 valence electrons. The predicted molar refractivity (Wildman–Crippen MR) is 82.6 cm³/mol. The molecule has 0 N–H and O–H groups in total. The van der Waals surface area contributed by atoms with Gasteiger partial charge in [0.2, 0.25) is 0 Å². The Morgan fingerprint density at radius 2 is 1.77 bits per heavy atom. The average Bonchev–Trinajstić information content (AvgIpc) is 2.52. The summed E-state index contributed by atoms with van der Waals surface area (Å²) < 4.78 is 26.3. The third kappa shape index (κ3) is 4.26. The van der Waals surface area contributed by atoms with E-state index in [9.17, 15) is 13.6 Å². The van der Waals surface area contributed by atoms with Crippen molar-refractivity contribution in [3.8, 4) is 11.8 Å². The van der Waals surface area contributed by atoms with Crippen LogP contribution in [0.3, 0.4) is 0 Å². The zero-order valence-electron chi connectivity index (χ0n) is 12.3. The van der Waals surface area contributed by atoms with E-state index < -0.39 is 11.6 Å². The maximum absolute atomic E-state index is 13.5. The molecule has 1 nitrogen and oxygen atoms in total. The summed E-state index contributed by atoms with van der Waals surface area (Å²) in [6.07, 6.45) is 2.41. The maximum atomic E-state index is 13.5. The van der Waals surface area contributed by atoms with Gasteiger partial charge in [0.25, 0.3) is 0 Å². The van der Waals surface area contributed by atoms with Crippen LogP contribution >= 0.6 is 0 Å². The summed E-state index contributed by atoms with van der Waals surface area (Å²) in [7, 11) is 0. The van der Waals surface area contributed by atoms with Crippen LogP contribution in [0.2, 0.25) is 0 Å². The fraction of sp³-hybridized carbons (Fsp3) is 0.211. The minimum absolute atomic E-state index is 0.117. The number of carbonyl (C=O) groups is 1. The molecule has 0 radical (unpaired) electrons. The molecule has 0 atom stereocenters. The summed E-state index contributed by atoms with van der Waals surface area (Å²) in [4.78, 5) is 11.8. The molecule has 0 spiro atoms. The number of hydrogen-bond donors (Lipinski definition) is 0. The normalized spacial score (nSPS) is 9.95. The zero-order chi connectivity index (χ0) is 15.9. The van der Waals surface area contributed by atoms with E-state index in [-0.39, 0.29) is 11.3 Å². The van der Waals surface area contributed by atoms with Crippen LogP contribution in [0.1, 0.15) is 47.7 Å². The largest absolute Gasteiger partial charge is 0.294 e. The molecule has 2 rings (SSSR count). The van der Waals surface area contributed by atoms with Crippen molar-refractivity contribution in [1.29, 1.82) is 0 Å². The van der Waals surface area contributed by atoms with Crippen molar-refractivity contribution < 1.29 is 13.6 Å². The topological polar surface area (TPSA) is 17.1 Å². The summed E-state index contributed by atoms with van der Waals surface area (Å²) in [6, 6.07) is 10.2. The number of benzene rings is 2. The Morgan fingerprint density at radius 1 is 1.05 bits per heavy atom. The standard InChI is InChI=1S/C19H16F2O/c1-2-3-4-19(22)16-9-6-14(7-10-16)5-8-15-11-12-17(20)13-18(15)21/h6-7,9-13H,2-4H2,1H3. The Bertz CT molecular complexity index is 721. The molecule has 0 aliphatic carbocycles. The first-order chi connectivity index (χ1) is 10.6. The van der Waals surface area contributed by atoms with Crippen LogP contribution in [-0.2, 0) is 0 Å². The fourth-order valence-electron chi connectivity index (χ4n) is 1.95. The van der Waals surface area contributed by atoms with E-state index in [4.69, 9.17) is 0 Å². The maximum Gasteiger partial charge on any atom is 0.162 e. The zero-order valence-corrected chi connectivity index (χ0v) is 12.3. The second kappa shape index (κ2) is 7.51. The van der Waals surface area contributed by atoms with Gasteiger partial charge < -0.3 is 0 Å². The lowest BCUT2D eigenvalue weighted by Gasteiger charge is -2.00. The van der Waals surface area contributed by atoms with Gasteiger partial charge in [0.05, 0.1) is 5.56 Å². The van der Waals surface area contributed by atoms with Gasteiger partial charge in [0, 0.05) is 23.6 Å². The van der Waals surface area contributed by atoms with Crippen molar-refractivity contribution in [3.63, 3.8) is 0 Å². The van der Waals surface area contributed by atoms with Gasteiger partial charge in [-0.25, -0.2) is 8.78 Å². The van der Waals surface area contributed by atoms with Gasteiger partial charge >= 0.3 is 0 Å². The van der Waals surface area contributed by atoms with Gasteiger partial charge in [-0.05, 0) is 30.7 Å². The second-order valence-corrected chi connectivity index (χ2v) is 4.98. The summed E-state index contributed by atoms with van der Waals surface area (Å²) in [6.45, 7) is 2.04. The Hall–Kier alpha value is -2.47. The van der Waals surface area contributed by atoms with Crippen molar-refractivity contribution in [1.82, 2.24) is 0 Å². The molecular weight excluding hydrogens is 282 g/mol. The highest BCUT2D eigenvalue weighted by atomic mass is 19.1. The van der Waals surface area contributed by atoms with Gasteiger partial charge in [-0.3, -0.25) is 4.79 Å². The first-order valence-electron chi connectivity index (χ1n) is 7.20. The molecule has 0 bridgehead atoms. The molecule has 0 aliphatic rings. The highest BCUT2D eigenvalue weighted by Gasteiger charge is 2.04. The van der Waals surface area contributed by atoms with E-state index in [1.54, 1.807) is 24.3 Å². The highest BCUT2D eigenvalue weighted by molar-refractivity contribution is 5.96. The molecule has 22 heavy (non-hydrogen) atoms. The number of hydrogen-bond acceptors (Lipinski definition) is 1. The minimum Gasteiger partial charge on any atom is -0.294 e. The van der Waals surface area contributed by atoms with Crippen LogP contribution < -0.4 is 0 Å². The molecule has 0 saturated carbocycles. The summed E-state index contributed by atoms with van der Waals surface area (Å²) >= 11 is 0. The van der Waals surface area contributed by atoms with Crippen LogP contribution in [0.5, 0.6) is 0 Å². The molecule has 0 heterocycles. The van der Waals surface area contributed by atoms with Crippen molar-refractivity contribution in [2.45, 2.75) is 26.2 Å². The molecule has 0 fully saturated rings. The number of Topliss-reactive ketones (excluding diaryl/α,β-unsaturated/α-hetero) is 1. The van der Waals surface area contributed by atoms with Crippen molar-refractivity contribution in [3.05, 3.63) is 70.8 Å². The lowest BCUT2D eigenvalue weighted by atomic mass is 10.0. The van der Waals surface area contributed by atoms with Crippen molar-refractivity contribution in [2.75, 3.05) is 0 Å². The van der Waals surface area contributed by atoms with Crippen molar-refractivity contribution in [2.24, 2.45) is 0 Å². The lowest BCUT2D eigenvalue weighted by Crippen LogP contribution is -1.98. The number of unbranched alkanes of at least 4 members (excludes halogenated alkanes) is 1. The molecular formula is C19H16F2O. The smallest absolute Gasteiger partial charge is 0.162 e. The molecule has 0 aromatic heterocycles. The second-order valence-electron chi connectivity index (χ2n) is 4.98. The first kappa shape index (κ1) is 15.9. The predicted octanol–water partition coefficient (Wildman–Crippen LogP) is 4.74. The Balaban J connectivity index is 2.12. The highest BCUT2D eigenvalue weighted by Crippen LogP contribution is 2.10. The molecule has 3 heteroatoms. The number of halogens is 2. The third-order valence-electron chi connectivity index (χ3n) is 3.24. The van der Waals surface area contributed by atoms with E-state index in [0.29, 0.717) is 17.5 Å².